The normalized spacial score (nSPS) is 10.8. The van der Waals surface area contributed by atoms with E-state index in [1.807, 2.05) is 0 Å². The maximum Gasteiger partial charge on any atom is 0.206 e. The van der Waals surface area contributed by atoms with Crippen LogP contribution in [0.25, 0.3) is 44.5 Å². The first-order valence-corrected chi connectivity index (χ1v) is 13.3. The summed E-state index contributed by atoms with van der Waals surface area (Å²) in [6.45, 7) is 2.62. The van der Waals surface area contributed by atoms with Gasteiger partial charge in [-0.1, -0.05) is 175 Å². The molecule has 0 aromatic heterocycles. The van der Waals surface area contributed by atoms with Crippen molar-refractivity contribution in [3.63, 3.8) is 0 Å². The third-order valence-electron chi connectivity index (χ3n) is 7.47. The fourth-order valence-electron chi connectivity index (χ4n) is 5.09. The fourth-order valence-corrected chi connectivity index (χ4v) is 5.09. The molecule has 0 aliphatic rings. The van der Waals surface area contributed by atoms with Crippen LogP contribution in [0.3, 0.4) is 0 Å². The first-order chi connectivity index (χ1) is 18.7. The zero-order valence-corrected chi connectivity index (χ0v) is 21.6. The molecule has 0 fully saturated rings. The third-order valence-corrected chi connectivity index (χ3v) is 7.47. The molecule has 180 valence electrons. The lowest BCUT2D eigenvalue weighted by Crippen LogP contribution is -2.38. The van der Waals surface area contributed by atoms with Gasteiger partial charge in [-0.3, -0.25) is 0 Å². The van der Waals surface area contributed by atoms with Crippen molar-refractivity contribution in [3.8, 4) is 44.5 Å². The van der Waals surface area contributed by atoms with Crippen LogP contribution in [0, 0.1) is 0 Å². The Hall–Kier alpha value is -4.62. The van der Waals surface area contributed by atoms with Crippen LogP contribution in [0.2, 0.25) is 6.82 Å². The number of hydrogen-bond donors (Lipinski definition) is 0. The van der Waals surface area contributed by atoms with Crippen molar-refractivity contribution in [1.29, 1.82) is 0 Å². The predicted octanol–water partition coefficient (Wildman–Crippen LogP) is 8.59. The Balaban J connectivity index is 1.15. The monoisotopic (exact) mass is 484 g/mol. The first-order valence-electron chi connectivity index (χ1n) is 13.3. The highest BCUT2D eigenvalue weighted by molar-refractivity contribution is 6.84. The van der Waals surface area contributed by atoms with E-state index in [0.29, 0.717) is 6.71 Å². The molecule has 0 unspecified atom stereocenters. The molecule has 6 aromatic rings. The van der Waals surface area contributed by atoms with E-state index < -0.39 is 0 Å². The van der Waals surface area contributed by atoms with Gasteiger partial charge in [0.25, 0.3) is 0 Å². The Bertz CT molecular complexity index is 1470. The summed E-state index contributed by atoms with van der Waals surface area (Å²) in [6.07, 6.45) is 0. The van der Waals surface area contributed by atoms with Crippen LogP contribution in [0.5, 0.6) is 0 Å². The Morgan fingerprint density at radius 2 is 0.474 bits per heavy atom. The van der Waals surface area contributed by atoms with Crippen LogP contribution >= 0.6 is 0 Å². The molecule has 0 aliphatic carbocycles. The van der Waals surface area contributed by atoms with Crippen molar-refractivity contribution in [3.05, 3.63) is 158 Å². The van der Waals surface area contributed by atoms with Gasteiger partial charge in [-0.15, -0.1) is 0 Å². The minimum Gasteiger partial charge on any atom is -0.0774 e. The summed E-state index contributed by atoms with van der Waals surface area (Å²) in [6, 6.07) is 56.8. The van der Waals surface area contributed by atoms with Crippen molar-refractivity contribution in [1.82, 2.24) is 0 Å². The van der Waals surface area contributed by atoms with Crippen LogP contribution in [-0.4, -0.2) is 6.71 Å². The zero-order valence-electron chi connectivity index (χ0n) is 21.6. The molecule has 1 heteroatoms. The van der Waals surface area contributed by atoms with Gasteiger partial charge in [-0.05, 0) is 44.5 Å². The minimum atomic E-state index is 0.332. The lowest BCUT2D eigenvalue weighted by molar-refractivity contribution is 1.59. The van der Waals surface area contributed by atoms with Crippen molar-refractivity contribution >= 4 is 17.6 Å². The predicted molar refractivity (Wildman–Crippen MR) is 166 cm³/mol. The van der Waals surface area contributed by atoms with Crippen molar-refractivity contribution in [2.45, 2.75) is 6.82 Å². The molecule has 0 aliphatic heterocycles. The van der Waals surface area contributed by atoms with E-state index in [1.165, 1.54) is 55.4 Å². The largest absolute Gasteiger partial charge is 0.206 e. The molecule has 0 radical (unpaired) electrons. The third kappa shape index (κ3) is 5.10. The van der Waals surface area contributed by atoms with E-state index in [-0.39, 0.29) is 0 Å². The van der Waals surface area contributed by atoms with E-state index >= 15 is 0 Å². The lowest BCUT2D eigenvalue weighted by Gasteiger charge is -2.12. The lowest BCUT2D eigenvalue weighted by atomic mass is 9.42. The molecule has 0 N–H and O–H groups in total. The van der Waals surface area contributed by atoms with Gasteiger partial charge in [-0.25, -0.2) is 0 Å². The molecule has 0 bridgehead atoms. The van der Waals surface area contributed by atoms with Crippen LogP contribution in [-0.2, 0) is 0 Å². The standard InChI is InChI=1S/C37H29B/c1-38(36-24-20-34(21-25-36)32-16-12-30(13-17-32)28-8-4-2-5-9-28)37-26-22-35(23-27-37)33-18-14-31(15-19-33)29-10-6-3-7-11-29/h2-27H,1H3. The van der Waals surface area contributed by atoms with Gasteiger partial charge in [0.2, 0.25) is 6.71 Å². The van der Waals surface area contributed by atoms with Gasteiger partial charge < -0.3 is 0 Å². The second-order valence-electron chi connectivity index (χ2n) is 9.85. The summed E-state index contributed by atoms with van der Waals surface area (Å²) in [4.78, 5) is 0. The highest BCUT2D eigenvalue weighted by Gasteiger charge is 2.13. The van der Waals surface area contributed by atoms with E-state index in [0.717, 1.165) is 0 Å². The summed E-state index contributed by atoms with van der Waals surface area (Å²) in [5, 5.41) is 0. The zero-order chi connectivity index (χ0) is 25.7. The number of benzene rings is 6. The van der Waals surface area contributed by atoms with E-state index in [1.54, 1.807) is 0 Å². The van der Waals surface area contributed by atoms with Crippen LogP contribution < -0.4 is 10.9 Å². The van der Waals surface area contributed by atoms with Crippen molar-refractivity contribution < 1.29 is 0 Å². The van der Waals surface area contributed by atoms with E-state index in [2.05, 4.69) is 165 Å². The minimum absolute atomic E-state index is 0.332. The average Bonchev–Trinajstić information content (AvgIpc) is 3.02. The van der Waals surface area contributed by atoms with Crippen LogP contribution in [0.4, 0.5) is 0 Å². The van der Waals surface area contributed by atoms with Gasteiger partial charge in [0.15, 0.2) is 0 Å². The SMILES string of the molecule is CB(c1ccc(-c2ccc(-c3ccccc3)cc2)cc1)c1ccc(-c2ccc(-c3ccccc3)cc2)cc1. The Morgan fingerprint density at radius 1 is 0.263 bits per heavy atom. The molecular weight excluding hydrogens is 455 g/mol. The molecule has 0 amide bonds. The van der Waals surface area contributed by atoms with Crippen molar-refractivity contribution in [2.24, 2.45) is 0 Å². The van der Waals surface area contributed by atoms with Gasteiger partial charge in [-0.2, -0.15) is 0 Å². The first kappa shape index (κ1) is 23.8. The summed E-state index contributed by atoms with van der Waals surface area (Å²) in [5.41, 5.74) is 12.6. The molecular formula is C37H29B. The van der Waals surface area contributed by atoms with E-state index in [9.17, 15) is 0 Å². The highest BCUT2D eigenvalue weighted by Crippen LogP contribution is 2.26. The number of rotatable bonds is 6. The molecule has 6 aromatic carbocycles. The quantitative estimate of drug-likeness (QED) is 0.208. The maximum absolute atomic E-state index is 2.29. The molecule has 0 saturated heterocycles. The number of hydrogen-bond acceptors (Lipinski definition) is 0. The Labute approximate surface area is 226 Å². The van der Waals surface area contributed by atoms with Gasteiger partial charge in [0.1, 0.15) is 0 Å². The molecule has 0 nitrogen and oxygen atoms in total. The average molecular weight is 484 g/mol. The Morgan fingerprint density at radius 3 is 0.737 bits per heavy atom. The molecule has 0 heterocycles. The van der Waals surface area contributed by atoms with Crippen molar-refractivity contribution in [2.75, 3.05) is 0 Å². The summed E-state index contributed by atoms with van der Waals surface area (Å²) < 4.78 is 0. The smallest absolute Gasteiger partial charge is 0.0774 e. The van der Waals surface area contributed by atoms with Gasteiger partial charge in [0, 0.05) is 0 Å². The van der Waals surface area contributed by atoms with Crippen LogP contribution in [0.1, 0.15) is 0 Å². The molecule has 38 heavy (non-hydrogen) atoms. The fraction of sp³-hybridized carbons (Fsp3) is 0.0270. The second kappa shape index (κ2) is 10.8. The highest BCUT2D eigenvalue weighted by atomic mass is 14.1. The molecule has 0 atom stereocenters. The maximum atomic E-state index is 2.29. The topological polar surface area (TPSA) is 0 Å². The molecule has 6 rings (SSSR count). The second-order valence-corrected chi connectivity index (χ2v) is 9.85. The molecule has 0 spiro atoms. The summed E-state index contributed by atoms with van der Waals surface area (Å²) in [7, 11) is 0. The summed E-state index contributed by atoms with van der Waals surface area (Å²) >= 11 is 0. The molecule has 0 saturated carbocycles. The Kier molecular flexibility index (Phi) is 6.74. The van der Waals surface area contributed by atoms with Gasteiger partial charge >= 0.3 is 0 Å². The summed E-state index contributed by atoms with van der Waals surface area (Å²) in [5.74, 6) is 0. The van der Waals surface area contributed by atoms with Crippen LogP contribution in [0.15, 0.2) is 158 Å². The van der Waals surface area contributed by atoms with E-state index in [4.69, 9.17) is 0 Å². The van der Waals surface area contributed by atoms with Gasteiger partial charge in [0.05, 0.1) is 0 Å².